The number of hydrogen-bond donors (Lipinski definition) is 1. The zero-order valence-electron chi connectivity index (χ0n) is 6.96. The normalized spacial score (nSPS) is 23.8. The average Bonchev–Trinajstić information content (AvgIpc) is 2.21. The summed E-state index contributed by atoms with van der Waals surface area (Å²) in [5.74, 6) is 0. The highest BCUT2D eigenvalue weighted by Gasteiger charge is 2.13. The molecule has 1 saturated heterocycles. The third-order valence-corrected chi connectivity index (χ3v) is 2.19. The average molecular weight is 160 g/mol. The lowest BCUT2D eigenvalue weighted by Crippen LogP contribution is -2.27. The van der Waals surface area contributed by atoms with Crippen LogP contribution in [-0.2, 0) is 0 Å². The molecular formula is C10H12N2. The summed E-state index contributed by atoms with van der Waals surface area (Å²) in [7, 11) is 0. The summed E-state index contributed by atoms with van der Waals surface area (Å²) < 4.78 is 0. The van der Waals surface area contributed by atoms with Crippen molar-refractivity contribution < 1.29 is 0 Å². The van der Waals surface area contributed by atoms with Gasteiger partial charge in [0.1, 0.15) is 0 Å². The van der Waals surface area contributed by atoms with E-state index in [1.807, 2.05) is 12.4 Å². The van der Waals surface area contributed by atoms with E-state index in [0.717, 1.165) is 19.4 Å². The van der Waals surface area contributed by atoms with Gasteiger partial charge >= 0.3 is 0 Å². The fourth-order valence-electron chi connectivity index (χ4n) is 1.51. The lowest BCUT2D eigenvalue weighted by molar-refractivity contribution is 0.468. The highest BCUT2D eigenvalue weighted by molar-refractivity contribution is 5.15. The number of piperidine rings is 1. The van der Waals surface area contributed by atoms with Crippen molar-refractivity contribution in [1.82, 2.24) is 10.3 Å². The first kappa shape index (κ1) is 7.74. The monoisotopic (exact) mass is 160 g/mol. The molecule has 0 saturated carbocycles. The topological polar surface area (TPSA) is 24.9 Å². The van der Waals surface area contributed by atoms with Gasteiger partial charge in [0, 0.05) is 25.0 Å². The van der Waals surface area contributed by atoms with E-state index in [0.29, 0.717) is 6.04 Å². The van der Waals surface area contributed by atoms with Gasteiger partial charge in [-0.2, -0.15) is 0 Å². The van der Waals surface area contributed by atoms with E-state index in [2.05, 4.69) is 28.9 Å². The van der Waals surface area contributed by atoms with E-state index < -0.39 is 0 Å². The fraction of sp³-hybridized carbons (Fsp3) is 0.400. The molecule has 2 nitrogen and oxygen atoms in total. The summed E-state index contributed by atoms with van der Waals surface area (Å²) >= 11 is 0. The number of rotatable bonds is 1. The summed E-state index contributed by atoms with van der Waals surface area (Å²) in [6.07, 6.45) is 9.20. The molecular weight excluding hydrogens is 148 g/mol. The van der Waals surface area contributed by atoms with E-state index in [9.17, 15) is 0 Å². The van der Waals surface area contributed by atoms with Crippen molar-refractivity contribution in [3.63, 3.8) is 0 Å². The second-order valence-corrected chi connectivity index (χ2v) is 3.00. The van der Waals surface area contributed by atoms with Gasteiger partial charge in [0.15, 0.2) is 0 Å². The smallest absolute Gasteiger partial charge is 0.0321 e. The van der Waals surface area contributed by atoms with Crippen LogP contribution in [0, 0.1) is 6.42 Å². The van der Waals surface area contributed by atoms with Gasteiger partial charge in [-0.15, -0.1) is 0 Å². The van der Waals surface area contributed by atoms with Crippen molar-refractivity contribution in [3.05, 3.63) is 36.5 Å². The number of aromatic nitrogens is 1. The predicted molar refractivity (Wildman–Crippen MR) is 47.5 cm³/mol. The van der Waals surface area contributed by atoms with Crippen LogP contribution in [0.2, 0.25) is 0 Å². The van der Waals surface area contributed by atoms with Crippen LogP contribution in [0.3, 0.4) is 0 Å². The molecule has 0 aromatic carbocycles. The molecule has 1 fully saturated rings. The predicted octanol–water partition coefficient (Wildman–Crippen LogP) is 1.59. The van der Waals surface area contributed by atoms with Crippen LogP contribution in [0.5, 0.6) is 0 Å². The first-order valence-corrected chi connectivity index (χ1v) is 4.31. The van der Waals surface area contributed by atoms with Gasteiger partial charge in [-0.3, -0.25) is 4.98 Å². The van der Waals surface area contributed by atoms with Crippen LogP contribution in [0.4, 0.5) is 0 Å². The van der Waals surface area contributed by atoms with Crippen molar-refractivity contribution in [2.24, 2.45) is 0 Å². The molecule has 1 aromatic rings. The van der Waals surface area contributed by atoms with Crippen molar-refractivity contribution in [2.75, 3.05) is 6.54 Å². The van der Waals surface area contributed by atoms with E-state index >= 15 is 0 Å². The van der Waals surface area contributed by atoms with Crippen LogP contribution < -0.4 is 5.32 Å². The Morgan fingerprint density at radius 1 is 1.42 bits per heavy atom. The molecule has 1 N–H and O–H groups in total. The highest BCUT2D eigenvalue weighted by atomic mass is 14.9. The second-order valence-electron chi connectivity index (χ2n) is 3.00. The van der Waals surface area contributed by atoms with E-state index in [1.54, 1.807) is 0 Å². The molecule has 1 atom stereocenters. The highest BCUT2D eigenvalue weighted by Crippen LogP contribution is 2.21. The van der Waals surface area contributed by atoms with Crippen molar-refractivity contribution >= 4 is 0 Å². The van der Waals surface area contributed by atoms with E-state index in [-0.39, 0.29) is 0 Å². The Balaban J connectivity index is 2.08. The van der Waals surface area contributed by atoms with Crippen LogP contribution in [-0.4, -0.2) is 11.5 Å². The molecule has 0 spiro atoms. The zero-order chi connectivity index (χ0) is 8.23. The fourth-order valence-corrected chi connectivity index (χ4v) is 1.51. The van der Waals surface area contributed by atoms with Crippen LogP contribution in [0.25, 0.3) is 0 Å². The molecule has 2 heteroatoms. The molecule has 1 unspecified atom stereocenters. The Morgan fingerprint density at radius 2 is 2.25 bits per heavy atom. The summed E-state index contributed by atoms with van der Waals surface area (Å²) in [5.41, 5.74) is 1.34. The molecule has 0 amide bonds. The Kier molecular flexibility index (Phi) is 2.37. The van der Waals surface area contributed by atoms with Crippen LogP contribution in [0.1, 0.15) is 24.4 Å². The SMILES string of the molecule is [C]1CCC(c2ccncc2)NC1. The number of pyridine rings is 1. The molecule has 1 aliphatic heterocycles. The molecule has 2 radical (unpaired) electrons. The molecule has 62 valence electrons. The summed E-state index contributed by atoms with van der Waals surface area (Å²) in [5, 5.41) is 3.40. The molecule has 1 aliphatic rings. The van der Waals surface area contributed by atoms with E-state index in [1.165, 1.54) is 5.56 Å². The molecule has 0 bridgehead atoms. The maximum atomic E-state index is 4.00. The first-order valence-electron chi connectivity index (χ1n) is 4.31. The lowest BCUT2D eigenvalue weighted by atomic mass is 9.99. The largest absolute Gasteiger partial charge is 0.309 e. The van der Waals surface area contributed by atoms with E-state index in [4.69, 9.17) is 0 Å². The summed E-state index contributed by atoms with van der Waals surface area (Å²) in [4.78, 5) is 4.00. The Hall–Kier alpha value is -0.890. The van der Waals surface area contributed by atoms with Crippen molar-refractivity contribution in [2.45, 2.75) is 18.9 Å². The minimum absolute atomic E-state index is 0.509. The molecule has 0 aliphatic carbocycles. The molecule has 1 aromatic heterocycles. The Morgan fingerprint density at radius 3 is 2.92 bits per heavy atom. The number of nitrogens with zero attached hydrogens (tertiary/aromatic N) is 1. The van der Waals surface area contributed by atoms with Gasteiger partial charge in [-0.05, 0) is 37.0 Å². The zero-order valence-corrected chi connectivity index (χ0v) is 6.96. The standard InChI is InChI=1S/C10H12N2/c1-2-6-12-10(3-1)9-4-7-11-8-5-9/h4-5,7-8,10,12H,1,3,6H2. The second kappa shape index (κ2) is 3.68. The molecule has 2 heterocycles. The maximum absolute atomic E-state index is 4.00. The molecule has 12 heavy (non-hydrogen) atoms. The summed E-state index contributed by atoms with van der Waals surface area (Å²) in [6.45, 7) is 0.910. The summed E-state index contributed by atoms with van der Waals surface area (Å²) in [6, 6.07) is 4.65. The first-order chi connectivity index (χ1) is 5.97. The minimum atomic E-state index is 0.509. The van der Waals surface area contributed by atoms with Gasteiger partial charge in [0.2, 0.25) is 0 Å². The van der Waals surface area contributed by atoms with Crippen molar-refractivity contribution in [1.29, 1.82) is 0 Å². The maximum Gasteiger partial charge on any atom is 0.0321 e. The van der Waals surface area contributed by atoms with Gasteiger partial charge in [0.05, 0.1) is 0 Å². The van der Waals surface area contributed by atoms with Gasteiger partial charge < -0.3 is 5.32 Å². The number of hydrogen-bond acceptors (Lipinski definition) is 2. The lowest BCUT2D eigenvalue weighted by Gasteiger charge is -2.22. The van der Waals surface area contributed by atoms with Crippen molar-refractivity contribution in [3.8, 4) is 0 Å². The van der Waals surface area contributed by atoms with Crippen LogP contribution >= 0.6 is 0 Å². The quantitative estimate of drug-likeness (QED) is 0.674. The third kappa shape index (κ3) is 1.64. The van der Waals surface area contributed by atoms with Gasteiger partial charge in [-0.25, -0.2) is 0 Å². The number of nitrogens with one attached hydrogen (secondary N) is 1. The molecule has 2 rings (SSSR count). The third-order valence-electron chi connectivity index (χ3n) is 2.19. The van der Waals surface area contributed by atoms with Gasteiger partial charge in [0.25, 0.3) is 0 Å². The van der Waals surface area contributed by atoms with Crippen LogP contribution in [0.15, 0.2) is 24.5 Å². The Bertz CT molecular complexity index is 227. The van der Waals surface area contributed by atoms with Gasteiger partial charge in [-0.1, -0.05) is 0 Å². The minimum Gasteiger partial charge on any atom is -0.309 e. The Labute approximate surface area is 73.0 Å².